The zero-order valence-corrected chi connectivity index (χ0v) is 8.29. The summed E-state index contributed by atoms with van der Waals surface area (Å²) in [6, 6.07) is 4.84. The van der Waals surface area contributed by atoms with Gasteiger partial charge in [0.25, 0.3) is 0 Å². The highest BCUT2D eigenvalue weighted by Gasteiger charge is 2.26. The highest BCUT2D eigenvalue weighted by molar-refractivity contribution is 5.85. The molecule has 3 N–H and O–H groups in total. The summed E-state index contributed by atoms with van der Waals surface area (Å²) in [4.78, 5) is 11.4. The summed E-state index contributed by atoms with van der Waals surface area (Å²) < 4.78 is 13.4. The van der Waals surface area contributed by atoms with Crippen LogP contribution in [0.4, 0.5) is 4.39 Å². The van der Waals surface area contributed by atoms with Gasteiger partial charge in [-0.2, -0.15) is 0 Å². The summed E-state index contributed by atoms with van der Waals surface area (Å²) >= 11 is 0. The predicted octanol–water partition coefficient (Wildman–Crippen LogP) is 0.888. The average Bonchev–Trinajstić information content (AvgIpc) is 2.64. The third-order valence-electron chi connectivity index (χ3n) is 2.75. The number of nitrogens with two attached hydrogens (primary N) is 1. The van der Waals surface area contributed by atoms with Crippen molar-refractivity contribution in [2.45, 2.75) is 18.9 Å². The number of carbonyl (C=O) groups excluding carboxylic acids is 1. The van der Waals surface area contributed by atoms with Crippen LogP contribution in [0.15, 0.2) is 18.2 Å². The minimum atomic E-state index is -0.324. The van der Waals surface area contributed by atoms with E-state index in [-0.39, 0.29) is 24.2 Å². The molecule has 80 valence electrons. The van der Waals surface area contributed by atoms with E-state index >= 15 is 0 Å². The van der Waals surface area contributed by atoms with E-state index in [9.17, 15) is 9.18 Å². The second kappa shape index (κ2) is 3.98. The van der Waals surface area contributed by atoms with Gasteiger partial charge in [0.15, 0.2) is 0 Å². The highest BCUT2D eigenvalue weighted by Crippen LogP contribution is 2.24. The molecule has 3 nitrogen and oxygen atoms in total. The predicted molar refractivity (Wildman–Crippen MR) is 54.7 cm³/mol. The molecule has 1 aliphatic rings. The van der Waals surface area contributed by atoms with Crippen molar-refractivity contribution in [2.24, 2.45) is 5.73 Å². The topological polar surface area (TPSA) is 55.1 Å². The Morgan fingerprint density at radius 3 is 2.87 bits per heavy atom. The van der Waals surface area contributed by atoms with E-state index in [4.69, 9.17) is 5.73 Å². The van der Waals surface area contributed by atoms with Gasteiger partial charge in [0.1, 0.15) is 5.82 Å². The monoisotopic (exact) mass is 208 g/mol. The lowest BCUT2D eigenvalue weighted by molar-refractivity contribution is -0.120. The molecule has 1 saturated heterocycles. The fraction of sp³-hybridized carbons (Fsp3) is 0.364. The molecule has 0 radical (unpaired) electrons. The van der Waals surface area contributed by atoms with E-state index in [1.807, 2.05) is 0 Å². The second-order valence-electron chi connectivity index (χ2n) is 3.69. The van der Waals surface area contributed by atoms with E-state index in [2.05, 4.69) is 5.32 Å². The first-order valence-electron chi connectivity index (χ1n) is 4.98. The third kappa shape index (κ3) is 1.85. The summed E-state index contributed by atoms with van der Waals surface area (Å²) in [6.45, 7) is 0.854. The van der Waals surface area contributed by atoms with Gasteiger partial charge in [-0.3, -0.25) is 4.79 Å². The summed E-state index contributed by atoms with van der Waals surface area (Å²) in [7, 11) is 0. The minimum absolute atomic E-state index is 0.0186. The van der Waals surface area contributed by atoms with Crippen molar-refractivity contribution in [3.63, 3.8) is 0 Å². The van der Waals surface area contributed by atoms with Crippen LogP contribution in [0.1, 0.15) is 23.5 Å². The van der Waals surface area contributed by atoms with E-state index in [0.717, 1.165) is 12.0 Å². The maximum Gasteiger partial charge on any atom is 0.227 e. The first-order chi connectivity index (χ1) is 7.22. The Morgan fingerprint density at radius 1 is 1.53 bits per heavy atom. The summed E-state index contributed by atoms with van der Waals surface area (Å²) in [5.41, 5.74) is 6.58. The zero-order chi connectivity index (χ0) is 10.8. The lowest BCUT2D eigenvalue weighted by Gasteiger charge is -2.08. The van der Waals surface area contributed by atoms with Crippen molar-refractivity contribution in [3.8, 4) is 0 Å². The lowest BCUT2D eigenvalue weighted by Crippen LogP contribution is -2.18. The smallest absolute Gasteiger partial charge is 0.227 e. The fourth-order valence-electron chi connectivity index (χ4n) is 1.86. The molecule has 0 aromatic heterocycles. The number of benzene rings is 1. The van der Waals surface area contributed by atoms with Gasteiger partial charge < -0.3 is 11.1 Å². The molecule has 0 spiro atoms. The molecule has 15 heavy (non-hydrogen) atoms. The maximum atomic E-state index is 13.4. The molecule has 1 unspecified atom stereocenters. The Balaban J connectivity index is 2.29. The van der Waals surface area contributed by atoms with Crippen molar-refractivity contribution in [1.29, 1.82) is 0 Å². The number of hydrogen-bond donors (Lipinski definition) is 2. The van der Waals surface area contributed by atoms with Gasteiger partial charge in [0, 0.05) is 18.7 Å². The summed E-state index contributed by atoms with van der Waals surface area (Å²) in [5, 5.41) is 2.73. The summed E-state index contributed by atoms with van der Waals surface area (Å²) in [6.07, 6.45) is 0.736. The average molecular weight is 208 g/mol. The van der Waals surface area contributed by atoms with Gasteiger partial charge in [-0.1, -0.05) is 12.1 Å². The fourth-order valence-corrected chi connectivity index (χ4v) is 1.86. The molecule has 1 aromatic carbocycles. The van der Waals surface area contributed by atoms with Crippen LogP contribution in [0.2, 0.25) is 0 Å². The SMILES string of the molecule is NCc1ccc(C2CCNC2=O)cc1F. The molecule has 1 atom stereocenters. The van der Waals surface area contributed by atoms with Crippen molar-refractivity contribution in [3.05, 3.63) is 35.1 Å². The van der Waals surface area contributed by atoms with E-state index in [0.29, 0.717) is 12.1 Å². The first-order valence-corrected chi connectivity index (χ1v) is 4.98. The Labute approximate surface area is 87.5 Å². The number of nitrogens with one attached hydrogen (secondary N) is 1. The first kappa shape index (κ1) is 10.1. The normalized spacial score (nSPS) is 20.4. The zero-order valence-electron chi connectivity index (χ0n) is 8.29. The highest BCUT2D eigenvalue weighted by atomic mass is 19.1. The van der Waals surface area contributed by atoms with E-state index < -0.39 is 0 Å². The van der Waals surface area contributed by atoms with Crippen LogP contribution in [0.25, 0.3) is 0 Å². The van der Waals surface area contributed by atoms with Crippen molar-refractivity contribution in [1.82, 2.24) is 5.32 Å². The lowest BCUT2D eigenvalue weighted by atomic mass is 9.96. The van der Waals surface area contributed by atoms with Gasteiger partial charge in [-0.15, -0.1) is 0 Å². The molecule has 1 aromatic rings. The van der Waals surface area contributed by atoms with Crippen LogP contribution in [0.5, 0.6) is 0 Å². The molecule has 2 rings (SSSR count). The number of halogens is 1. The number of hydrogen-bond acceptors (Lipinski definition) is 2. The molecular formula is C11H13FN2O. The number of carbonyl (C=O) groups is 1. The van der Waals surface area contributed by atoms with E-state index in [1.54, 1.807) is 12.1 Å². The maximum absolute atomic E-state index is 13.4. The molecule has 1 heterocycles. The van der Waals surface area contributed by atoms with Crippen LogP contribution < -0.4 is 11.1 Å². The molecule has 0 saturated carbocycles. The van der Waals surface area contributed by atoms with Crippen molar-refractivity contribution >= 4 is 5.91 Å². The van der Waals surface area contributed by atoms with Gasteiger partial charge in [-0.05, 0) is 18.1 Å². The summed E-state index contributed by atoms with van der Waals surface area (Å²) in [5.74, 6) is -0.545. The molecule has 1 amide bonds. The molecule has 0 bridgehead atoms. The molecule has 4 heteroatoms. The van der Waals surface area contributed by atoms with Gasteiger partial charge in [0.2, 0.25) is 5.91 Å². The molecule has 1 aliphatic heterocycles. The molecule has 0 aliphatic carbocycles. The number of rotatable bonds is 2. The largest absolute Gasteiger partial charge is 0.356 e. The van der Waals surface area contributed by atoms with Gasteiger partial charge >= 0.3 is 0 Å². The third-order valence-corrected chi connectivity index (χ3v) is 2.75. The van der Waals surface area contributed by atoms with Crippen molar-refractivity contribution in [2.75, 3.05) is 6.54 Å². The van der Waals surface area contributed by atoms with Crippen LogP contribution in [-0.2, 0) is 11.3 Å². The second-order valence-corrected chi connectivity index (χ2v) is 3.69. The van der Waals surface area contributed by atoms with E-state index in [1.165, 1.54) is 6.07 Å². The van der Waals surface area contributed by atoms with Crippen LogP contribution in [-0.4, -0.2) is 12.5 Å². The Kier molecular flexibility index (Phi) is 2.68. The Hall–Kier alpha value is -1.42. The van der Waals surface area contributed by atoms with Crippen LogP contribution in [0.3, 0.4) is 0 Å². The Morgan fingerprint density at radius 2 is 2.33 bits per heavy atom. The molecular weight excluding hydrogens is 195 g/mol. The molecule has 1 fully saturated rings. The standard InChI is InChI=1S/C11H13FN2O/c12-10-5-7(1-2-8(10)6-13)9-3-4-14-11(9)15/h1-2,5,9H,3-4,6,13H2,(H,14,15). The van der Waals surface area contributed by atoms with Crippen LogP contribution in [0, 0.1) is 5.82 Å². The Bertz CT molecular complexity index is 392. The van der Waals surface area contributed by atoms with Gasteiger partial charge in [-0.25, -0.2) is 4.39 Å². The quantitative estimate of drug-likeness (QED) is 0.758. The van der Waals surface area contributed by atoms with Crippen molar-refractivity contribution < 1.29 is 9.18 Å². The van der Waals surface area contributed by atoms with Crippen LogP contribution >= 0.6 is 0 Å². The minimum Gasteiger partial charge on any atom is -0.356 e. The number of amides is 1. The van der Waals surface area contributed by atoms with Gasteiger partial charge in [0.05, 0.1) is 5.92 Å².